The number of para-hydroxylation sites is 1. The van der Waals surface area contributed by atoms with Gasteiger partial charge in [-0.05, 0) is 49.6 Å². The molecule has 28 heavy (non-hydrogen) atoms. The van der Waals surface area contributed by atoms with Crippen LogP contribution in [-0.4, -0.2) is 40.4 Å². The van der Waals surface area contributed by atoms with Gasteiger partial charge < -0.3 is 9.47 Å². The summed E-state index contributed by atoms with van der Waals surface area (Å²) in [5, 5.41) is 0. The number of nitrogens with zero attached hydrogens (tertiary/aromatic N) is 1. The van der Waals surface area contributed by atoms with E-state index in [0.717, 1.165) is 12.0 Å². The third-order valence-corrected chi connectivity index (χ3v) is 6.28. The minimum Gasteiger partial charge on any atom is -0.495 e. The fourth-order valence-corrected chi connectivity index (χ4v) is 4.85. The molecule has 0 amide bonds. The lowest BCUT2D eigenvalue weighted by molar-refractivity contribution is -0.120. The van der Waals surface area contributed by atoms with Crippen LogP contribution in [0.25, 0.3) is 0 Å². The Morgan fingerprint density at radius 1 is 1.14 bits per heavy atom. The number of Topliss-reactive ketones (excluding diaryl/α,β-unsaturated/α-hetero) is 1. The summed E-state index contributed by atoms with van der Waals surface area (Å²) in [5.41, 5.74) is 1.61. The van der Waals surface area contributed by atoms with Crippen molar-refractivity contribution in [3.63, 3.8) is 0 Å². The maximum Gasteiger partial charge on any atom is 0.338 e. The average molecular weight is 403 g/mol. The Balaban J connectivity index is 2.03. The number of benzene rings is 2. The molecule has 0 N–H and O–H groups in total. The lowest BCUT2D eigenvalue weighted by atomic mass is 10.0. The van der Waals surface area contributed by atoms with Crippen LogP contribution >= 0.6 is 0 Å². The largest absolute Gasteiger partial charge is 0.495 e. The lowest BCUT2D eigenvalue weighted by Gasteiger charge is -2.30. The van der Waals surface area contributed by atoms with Crippen LogP contribution < -0.4 is 9.04 Å². The molecule has 0 atom stereocenters. The zero-order chi connectivity index (χ0) is 20.3. The summed E-state index contributed by atoms with van der Waals surface area (Å²) in [6.07, 6.45) is 1.50. The van der Waals surface area contributed by atoms with Crippen molar-refractivity contribution in [3.8, 4) is 5.75 Å². The first-order valence-corrected chi connectivity index (χ1v) is 10.2. The molecular weight excluding hydrogens is 382 g/mol. The molecule has 0 unspecified atom stereocenters. The highest BCUT2D eigenvalue weighted by atomic mass is 32.2. The van der Waals surface area contributed by atoms with Crippen molar-refractivity contribution in [1.82, 2.24) is 0 Å². The molecule has 1 heterocycles. The monoisotopic (exact) mass is 403 g/mol. The number of esters is 1. The highest BCUT2D eigenvalue weighted by Crippen LogP contribution is 2.35. The standard InChI is InChI=1S/C20H21NO6S/c1-14(22)13-27-20(23)16-9-10-18(26-2)19(12-16)28(24,25)21-11-5-7-15-6-3-4-8-17(15)21/h3-4,6,8-10,12H,5,7,11,13H2,1-2H3. The van der Waals surface area contributed by atoms with Crippen molar-refractivity contribution in [2.45, 2.75) is 24.7 Å². The van der Waals surface area contributed by atoms with Gasteiger partial charge in [0, 0.05) is 6.54 Å². The van der Waals surface area contributed by atoms with Crippen molar-refractivity contribution in [1.29, 1.82) is 0 Å². The van der Waals surface area contributed by atoms with E-state index >= 15 is 0 Å². The number of carbonyl (C=O) groups is 2. The Bertz CT molecular complexity index is 1020. The number of ketones is 1. The molecule has 0 aromatic heterocycles. The van der Waals surface area contributed by atoms with Gasteiger partial charge in [-0.2, -0.15) is 0 Å². The molecule has 3 rings (SSSR count). The number of ether oxygens (including phenoxy) is 2. The predicted octanol–water partition coefficient (Wildman–Crippen LogP) is 2.58. The van der Waals surface area contributed by atoms with Gasteiger partial charge in [0.25, 0.3) is 10.0 Å². The van der Waals surface area contributed by atoms with E-state index in [1.807, 2.05) is 12.1 Å². The van der Waals surface area contributed by atoms with Crippen LogP contribution in [0.4, 0.5) is 5.69 Å². The van der Waals surface area contributed by atoms with Crippen molar-refractivity contribution in [3.05, 3.63) is 53.6 Å². The number of hydrogen-bond acceptors (Lipinski definition) is 6. The molecule has 0 fully saturated rings. The third-order valence-electron chi connectivity index (χ3n) is 4.44. The first kappa shape index (κ1) is 19.9. The van der Waals surface area contributed by atoms with Gasteiger partial charge in [-0.3, -0.25) is 9.10 Å². The lowest BCUT2D eigenvalue weighted by Crippen LogP contribution is -2.35. The van der Waals surface area contributed by atoms with Crippen molar-refractivity contribution in [2.75, 3.05) is 24.6 Å². The molecule has 7 nitrogen and oxygen atoms in total. The molecule has 148 valence electrons. The number of methoxy groups -OCH3 is 1. The molecule has 2 aromatic rings. The first-order chi connectivity index (χ1) is 13.3. The van der Waals surface area contributed by atoms with Gasteiger partial charge in [-0.25, -0.2) is 13.2 Å². The van der Waals surface area contributed by atoms with E-state index in [4.69, 9.17) is 9.47 Å². The second-order valence-corrected chi connectivity index (χ2v) is 8.28. The molecule has 1 aliphatic heterocycles. The molecule has 0 saturated heterocycles. The average Bonchev–Trinajstić information content (AvgIpc) is 2.70. The SMILES string of the molecule is COc1ccc(C(=O)OCC(C)=O)cc1S(=O)(=O)N1CCCc2ccccc21. The van der Waals surface area contributed by atoms with E-state index in [0.29, 0.717) is 18.7 Å². The Morgan fingerprint density at radius 3 is 2.61 bits per heavy atom. The summed E-state index contributed by atoms with van der Waals surface area (Å²) in [5.74, 6) is -0.945. The number of aryl methyl sites for hydroxylation is 1. The highest BCUT2D eigenvalue weighted by Gasteiger charge is 2.32. The molecule has 0 radical (unpaired) electrons. The summed E-state index contributed by atoms with van der Waals surface area (Å²) in [7, 11) is -2.60. The number of fused-ring (bicyclic) bond motifs is 1. The van der Waals surface area contributed by atoms with Gasteiger partial charge >= 0.3 is 5.97 Å². The van der Waals surface area contributed by atoms with Crippen LogP contribution in [-0.2, 0) is 26.0 Å². The Hall–Kier alpha value is -2.87. The van der Waals surface area contributed by atoms with Crippen LogP contribution in [0.3, 0.4) is 0 Å². The smallest absolute Gasteiger partial charge is 0.338 e. The van der Waals surface area contributed by atoms with E-state index in [1.165, 1.54) is 36.5 Å². The Kier molecular flexibility index (Phi) is 5.69. The minimum absolute atomic E-state index is 0.0333. The van der Waals surface area contributed by atoms with Crippen LogP contribution in [0.2, 0.25) is 0 Å². The van der Waals surface area contributed by atoms with E-state index in [9.17, 15) is 18.0 Å². The normalized spacial score (nSPS) is 13.6. The summed E-state index contributed by atoms with van der Waals surface area (Å²) < 4.78 is 38.3. The quantitative estimate of drug-likeness (QED) is 0.689. The minimum atomic E-state index is -3.97. The zero-order valence-electron chi connectivity index (χ0n) is 15.7. The molecular formula is C20H21NO6S. The Labute approximate surface area is 163 Å². The topological polar surface area (TPSA) is 90.0 Å². The fraction of sp³-hybridized carbons (Fsp3) is 0.300. The molecule has 0 spiro atoms. The third kappa shape index (κ3) is 3.87. The van der Waals surface area contributed by atoms with Crippen LogP contribution in [0.15, 0.2) is 47.4 Å². The Morgan fingerprint density at radius 2 is 1.89 bits per heavy atom. The second kappa shape index (κ2) is 8.02. The van der Waals surface area contributed by atoms with E-state index < -0.39 is 16.0 Å². The summed E-state index contributed by atoms with van der Waals surface area (Å²) in [6.45, 7) is 1.26. The molecule has 0 aliphatic carbocycles. The summed E-state index contributed by atoms with van der Waals surface area (Å²) in [6, 6.07) is 11.4. The maximum absolute atomic E-state index is 13.4. The number of sulfonamides is 1. The molecule has 0 saturated carbocycles. The van der Waals surface area contributed by atoms with E-state index in [-0.39, 0.29) is 28.6 Å². The van der Waals surface area contributed by atoms with Crippen LogP contribution in [0.5, 0.6) is 5.75 Å². The second-order valence-electron chi connectivity index (χ2n) is 6.45. The zero-order valence-corrected chi connectivity index (χ0v) is 16.5. The molecule has 1 aliphatic rings. The van der Waals surface area contributed by atoms with Gasteiger partial charge in [0.2, 0.25) is 0 Å². The highest BCUT2D eigenvalue weighted by molar-refractivity contribution is 7.93. The predicted molar refractivity (Wildman–Crippen MR) is 103 cm³/mol. The van der Waals surface area contributed by atoms with Gasteiger partial charge in [-0.15, -0.1) is 0 Å². The summed E-state index contributed by atoms with van der Waals surface area (Å²) >= 11 is 0. The first-order valence-electron chi connectivity index (χ1n) is 8.80. The van der Waals surface area contributed by atoms with Gasteiger partial charge in [0.05, 0.1) is 18.4 Å². The summed E-state index contributed by atoms with van der Waals surface area (Å²) in [4.78, 5) is 23.1. The van der Waals surface area contributed by atoms with Crippen LogP contribution in [0.1, 0.15) is 29.3 Å². The molecule has 8 heteroatoms. The number of anilines is 1. The number of hydrogen-bond donors (Lipinski definition) is 0. The van der Waals surface area contributed by atoms with Crippen molar-refractivity contribution >= 4 is 27.5 Å². The van der Waals surface area contributed by atoms with Gasteiger partial charge in [0.15, 0.2) is 5.78 Å². The van der Waals surface area contributed by atoms with Crippen LogP contribution in [0, 0.1) is 0 Å². The van der Waals surface area contributed by atoms with Gasteiger partial charge in [0.1, 0.15) is 17.3 Å². The number of carbonyl (C=O) groups excluding carboxylic acids is 2. The van der Waals surface area contributed by atoms with Gasteiger partial charge in [-0.1, -0.05) is 18.2 Å². The molecule has 2 aromatic carbocycles. The molecule has 0 bridgehead atoms. The van der Waals surface area contributed by atoms with E-state index in [2.05, 4.69) is 0 Å². The van der Waals surface area contributed by atoms with Crippen molar-refractivity contribution in [2.24, 2.45) is 0 Å². The van der Waals surface area contributed by atoms with E-state index in [1.54, 1.807) is 12.1 Å². The number of rotatable bonds is 6. The maximum atomic E-state index is 13.4. The van der Waals surface area contributed by atoms with Crippen molar-refractivity contribution < 1.29 is 27.5 Å². The fourth-order valence-electron chi connectivity index (χ4n) is 3.12.